The van der Waals surface area contributed by atoms with Crippen molar-refractivity contribution in [2.24, 2.45) is 5.73 Å². The molecule has 2 nitrogen and oxygen atoms in total. The summed E-state index contributed by atoms with van der Waals surface area (Å²) in [5.41, 5.74) is 10.6. The lowest BCUT2D eigenvalue weighted by atomic mass is 9.93. The first kappa shape index (κ1) is 13.7. The van der Waals surface area contributed by atoms with Gasteiger partial charge >= 0.3 is 0 Å². The van der Waals surface area contributed by atoms with E-state index in [0.29, 0.717) is 6.54 Å². The first-order valence-corrected chi connectivity index (χ1v) is 7.10. The van der Waals surface area contributed by atoms with Crippen LogP contribution in [-0.2, 0) is 6.54 Å². The Morgan fingerprint density at radius 1 is 1.00 bits per heavy atom. The minimum Gasteiger partial charge on any atom is -0.496 e. The number of nitrogens with two attached hydrogens (primary N) is 1. The summed E-state index contributed by atoms with van der Waals surface area (Å²) in [6.07, 6.45) is 0. The smallest absolute Gasteiger partial charge is 0.123 e. The summed E-state index contributed by atoms with van der Waals surface area (Å²) in [6, 6.07) is 19.0. The van der Waals surface area contributed by atoms with Crippen molar-refractivity contribution >= 4 is 10.8 Å². The number of hydrogen-bond acceptors (Lipinski definition) is 2. The fourth-order valence-electron chi connectivity index (χ4n) is 2.86. The van der Waals surface area contributed by atoms with Gasteiger partial charge in [0.15, 0.2) is 0 Å². The lowest BCUT2D eigenvalue weighted by Crippen LogP contribution is -2.00. The highest BCUT2D eigenvalue weighted by atomic mass is 16.5. The SMILES string of the molecule is COc1ccc(-c2c(C)ccc3ccccc23)cc1CN. The van der Waals surface area contributed by atoms with Crippen LogP contribution in [0.3, 0.4) is 0 Å². The zero-order chi connectivity index (χ0) is 14.8. The van der Waals surface area contributed by atoms with Crippen molar-refractivity contribution < 1.29 is 4.74 Å². The second-order valence-corrected chi connectivity index (χ2v) is 5.21. The summed E-state index contributed by atoms with van der Waals surface area (Å²) >= 11 is 0. The molecule has 0 radical (unpaired) electrons. The maximum atomic E-state index is 5.84. The van der Waals surface area contributed by atoms with Gasteiger partial charge in [0.25, 0.3) is 0 Å². The first-order valence-electron chi connectivity index (χ1n) is 7.10. The van der Waals surface area contributed by atoms with Crippen LogP contribution in [0.25, 0.3) is 21.9 Å². The Bertz CT molecular complexity index is 793. The van der Waals surface area contributed by atoms with Gasteiger partial charge in [-0.05, 0) is 46.5 Å². The van der Waals surface area contributed by atoms with Crippen LogP contribution < -0.4 is 10.5 Å². The molecule has 0 aliphatic heterocycles. The van der Waals surface area contributed by atoms with Gasteiger partial charge in [-0.1, -0.05) is 42.5 Å². The van der Waals surface area contributed by atoms with E-state index in [2.05, 4.69) is 55.5 Å². The molecule has 0 spiro atoms. The number of benzene rings is 3. The van der Waals surface area contributed by atoms with Gasteiger partial charge in [-0.2, -0.15) is 0 Å². The zero-order valence-electron chi connectivity index (χ0n) is 12.4. The highest BCUT2D eigenvalue weighted by molar-refractivity contribution is 5.98. The summed E-state index contributed by atoms with van der Waals surface area (Å²) in [5.74, 6) is 0.846. The molecule has 0 saturated carbocycles. The molecule has 2 N–H and O–H groups in total. The van der Waals surface area contributed by atoms with Gasteiger partial charge < -0.3 is 10.5 Å². The summed E-state index contributed by atoms with van der Waals surface area (Å²) in [7, 11) is 1.68. The second kappa shape index (κ2) is 5.58. The zero-order valence-corrected chi connectivity index (χ0v) is 12.4. The molecule has 0 heterocycles. The molecule has 3 aromatic rings. The number of aryl methyl sites for hydroxylation is 1. The van der Waals surface area contributed by atoms with Crippen LogP contribution in [0, 0.1) is 6.92 Å². The van der Waals surface area contributed by atoms with Crippen molar-refractivity contribution in [3.05, 3.63) is 65.7 Å². The Hall–Kier alpha value is -2.32. The van der Waals surface area contributed by atoms with Crippen molar-refractivity contribution in [1.82, 2.24) is 0 Å². The molecule has 21 heavy (non-hydrogen) atoms. The molecule has 0 unspecified atom stereocenters. The molecule has 2 heteroatoms. The lowest BCUT2D eigenvalue weighted by Gasteiger charge is -2.14. The third-order valence-electron chi connectivity index (χ3n) is 3.93. The molecule has 0 amide bonds. The van der Waals surface area contributed by atoms with E-state index in [1.165, 1.54) is 27.5 Å². The Morgan fingerprint density at radius 2 is 1.81 bits per heavy atom. The topological polar surface area (TPSA) is 35.2 Å². The summed E-state index contributed by atoms with van der Waals surface area (Å²) in [5, 5.41) is 2.52. The normalized spacial score (nSPS) is 10.8. The van der Waals surface area contributed by atoms with Gasteiger partial charge in [-0.25, -0.2) is 0 Å². The summed E-state index contributed by atoms with van der Waals surface area (Å²) in [6.45, 7) is 2.62. The van der Waals surface area contributed by atoms with Crippen LogP contribution in [0.5, 0.6) is 5.75 Å². The molecule has 0 aliphatic carbocycles. The fourth-order valence-corrected chi connectivity index (χ4v) is 2.86. The molecule has 0 atom stereocenters. The standard InChI is InChI=1S/C19H19NO/c1-13-7-8-14-5-3-4-6-17(14)19(13)15-9-10-18(21-2)16(11-15)12-20/h3-11H,12,20H2,1-2H3. The molecule has 0 fully saturated rings. The summed E-state index contributed by atoms with van der Waals surface area (Å²) < 4.78 is 5.36. The van der Waals surface area contributed by atoms with E-state index in [9.17, 15) is 0 Å². The second-order valence-electron chi connectivity index (χ2n) is 5.21. The molecule has 106 valence electrons. The molecule has 3 aromatic carbocycles. The van der Waals surface area contributed by atoms with Crippen LogP contribution in [0.4, 0.5) is 0 Å². The minimum atomic E-state index is 0.473. The monoisotopic (exact) mass is 277 g/mol. The van der Waals surface area contributed by atoms with Crippen LogP contribution in [0.2, 0.25) is 0 Å². The molecular weight excluding hydrogens is 258 g/mol. The van der Waals surface area contributed by atoms with Gasteiger partial charge in [0.1, 0.15) is 5.75 Å². The van der Waals surface area contributed by atoms with Gasteiger partial charge in [-0.3, -0.25) is 0 Å². The summed E-state index contributed by atoms with van der Waals surface area (Å²) in [4.78, 5) is 0. The maximum Gasteiger partial charge on any atom is 0.123 e. The van der Waals surface area contributed by atoms with Gasteiger partial charge in [0, 0.05) is 12.1 Å². The van der Waals surface area contributed by atoms with E-state index in [1.54, 1.807) is 7.11 Å². The number of methoxy groups -OCH3 is 1. The van der Waals surface area contributed by atoms with E-state index in [0.717, 1.165) is 11.3 Å². The van der Waals surface area contributed by atoms with Crippen LogP contribution >= 0.6 is 0 Å². The van der Waals surface area contributed by atoms with E-state index >= 15 is 0 Å². The Labute approximate surface area is 125 Å². The highest BCUT2D eigenvalue weighted by Crippen LogP contribution is 2.34. The Kier molecular flexibility index (Phi) is 3.63. The average molecular weight is 277 g/mol. The van der Waals surface area contributed by atoms with Crippen LogP contribution in [0.1, 0.15) is 11.1 Å². The highest BCUT2D eigenvalue weighted by Gasteiger charge is 2.10. The van der Waals surface area contributed by atoms with Crippen molar-refractivity contribution in [2.45, 2.75) is 13.5 Å². The van der Waals surface area contributed by atoms with E-state index in [1.807, 2.05) is 6.07 Å². The van der Waals surface area contributed by atoms with Crippen LogP contribution in [0.15, 0.2) is 54.6 Å². The van der Waals surface area contributed by atoms with Crippen molar-refractivity contribution in [3.8, 4) is 16.9 Å². The lowest BCUT2D eigenvalue weighted by molar-refractivity contribution is 0.410. The third-order valence-corrected chi connectivity index (χ3v) is 3.93. The van der Waals surface area contributed by atoms with Gasteiger partial charge in [0.2, 0.25) is 0 Å². The average Bonchev–Trinajstić information content (AvgIpc) is 2.54. The Balaban J connectivity index is 2.27. The van der Waals surface area contributed by atoms with Crippen molar-refractivity contribution in [1.29, 1.82) is 0 Å². The fraction of sp³-hybridized carbons (Fsp3) is 0.158. The predicted molar refractivity (Wildman–Crippen MR) is 88.6 cm³/mol. The minimum absolute atomic E-state index is 0.473. The molecular formula is C19H19NO. The Morgan fingerprint density at radius 3 is 2.57 bits per heavy atom. The maximum absolute atomic E-state index is 5.84. The number of fused-ring (bicyclic) bond motifs is 1. The molecule has 0 saturated heterocycles. The van der Waals surface area contributed by atoms with E-state index in [4.69, 9.17) is 10.5 Å². The molecule has 0 bridgehead atoms. The largest absolute Gasteiger partial charge is 0.496 e. The molecule has 0 aliphatic rings. The van der Waals surface area contributed by atoms with Gasteiger partial charge in [0.05, 0.1) is 7.11 Å². The van der Waals surface area contributed by atoms with E-state index in [-0.39, 0.29) is 0 Å². The predicted octanol–water partition coefficient (Wildman–Crippen LogP) is 4.28. The molecule has 3 rings (SSSR count). The van der Waals surface area contributed by atoms with Crippen molar-refractivity contribution in [2.75, 3.05) is 7.11 Å². The van der Waals surface area contributed by atoms with E-state index < -0.39 is 0 Å². The quantitative estimate of drug-likeness (QED) is 0.775. The third kappa shape index (κ3) is 2.39. The molecule has 0 aromatic heterocycles. The van der Waals surface area contributed by atoms with Crippen LogP contribution in [-0.4, -0.2) is 7.11 Å². The van der Waals surface area contributed by atoms with Crippen molar-refractivity contribution in [3.63, 3.8) is 0 Å². The number of hydrogen-bond donors (Lipinski definition) is 1. The number of ether oxygens (including phenoxy) is 1. The first-order chi connectivity index (χ1) is 10.2. The van der Waals surface area contributed by atoms with Gasteiger partial charge in [-0.15, -0.1) is 0 Å². The number of rotatable bonds is 3.